The zero-order valence-electron chi connectivity index (χ0n) is 18.4. The molecule has 1 aromatic heterocycles. The number of nitrogens with one attached hydrogen (secondary N) is 1. The number of amides is 1. The van der Waals surface area contributed by atoms with Gasteiger partial charge in [-0.3, -0.25) is 9.59 Å². The molecule has 4 rings (SSSR count). The second-order valence-electron chi connectivity index (χ2n) is 8.28. The number of nitrogens with two attached hydrogens (primary N) is 1. The van der Waals surface area contributed by atoms with Crippen LogP contribution in [0.5, 0.6) is 0 Å². The molecule has 8 nitrogen and oxygen atoms in total. The van der Waals surface area contributed by atoms with E-state index in [1.165, 1.54) is 11.4 Å². The van der Waals surface area contributed by atoms with Gasteiger partial charge in [0.1, 0.15) is 6.29 Å². The average molecular weight is 470 g/mol. The number of hydrogen-bond donors (Lipinski definition) is 2. The van der Waals surface area contributed by atoms with E-state index >= 15 is 0 Å². The van der Waals surface area contributed by atoms with Gasteiger partial charge in [-0.25, -0.2) is 12.7 Å². The van der Waals surface area contributed by atoms with Gasteiger partial charge in [-0.15, -0.1) is 0 Å². The van der Waals surface area contributed by atoms with Gasteiger partial charge >= 0.3 is 0 Å². The van der Waals surface area contributed by atoms with E-state index < -0.39 is 15.9 Å². The highest BCUT2D eigenvalue weighted by Crippen LogP contribution is 2.37. The van der Waals surface area contributed by atoms with E-state index in [2.05, 4.69) is 4.98 Å². The van der Waals surface area contributed by atoms with Crippen LogP contribution in [0.15, 0.2) is 42.6 Å². The Morgan fingerprint density at radius 1 is 1.21 bits per heavy atom. The molecule has 0 saturated carbocycles. The molecule has 0 bridgehead atoms. The molecular formula is C24H27N3O5S. The van der Waals surface area contributed by atoms with Gasteiger partial charge in [0.15, 0.2) is 0 Å². The Kier molecular flexibility index (Phi) is 6.64. The molecule has 0 radical (unpaired) electrons. The van der Waals surface area contributed by atoms with E-state index in [1.54, 1.807) is 24.3 Å². The first-order valence-electron chi connectivity index (χ1n) is 10.8. The predicted molar refractivity (Wildman–Crippen MR) is 127 cm³/mol. The average Bonchev–Trinajstić information content (AvgIpc) is 3.26. The van der Waals surface area contributed by atoms with Crippen LogP contribution in [-0.4, -0.2) is 62.5 Å². The molecule has 0 unspecified atom stereocenters. The van der Waals surface area contributed by atoms with Crippen LogP contribution in [0, 0.1) is 0 Å². The summed E-state index contributed by atoms with van der Waals surface area (Å²) in [6.45, 7) is 1.05. The number of aromatic nitrogens is 1. The maximum atomic E-state index is 12.5. The number of primary amides is 1. The number of piperidine rings is 1. The lowest BCUT2D eigenvalue weighted by atomic mass is 9.88. The lowest BCUT2D eigenvalue weighted by Gasteiger charge is -2.31. The van der Waals surface area contributed by atoms with Gasteiger partial charge in [0.2, 0.25) is 10.0 Å². The first-order chi connectivity index (χ1) is 15.8. The molecular weight excluding hydrogens is 442 g/mol. The molecule has 9 heteroatoms. The fourth-order valence-corrected chi connectivity index (χ4v) is 5.91. The van der Waals surface area contributed by atoms with Gasteiger partial charge < -0.3 is 15.5 Å². The largest absolute Gasteiger partial charge is 0.384 e. The number of carbonyl (C=O) groups is 2. The van der Waals surface area contributed by atoms with Crippen molar-refractivity contribution in [2.24, 2.45) is 5.73 Å². The van der Waals surface area contributed by atoms with Crippen molar-refractivity contribution in [2.75, 3.05) is 32.6 Å². The summed E-state index contributed by atoms with van der Waals surface area (Å²) in [6, 6.07) is 10.9. The number of hydrogen-bond acceptors (Lipinski definition) is 5. The van der Waals surface area contributed by atoms with E-state index in [0.29, 0.717) is 42.6 Å². The third-order valence-corrected chi connectivity index (χ3v) is 8.11. The molecule has 1 aliphatic rings. The third kappa shape index (κ3) is 4.71. The van der Waals surface area contributed by atoms with Gasteiger partial charge in [0, 0.05) is 37.3 Å². The van der Waals surface area contributed by atoms with E-state index in [0.717, 1.165) is 28.4 Å². The molecule has 2 heterocycles. The lowest BCUT2D eigenvalue weighted by Crippen LogP contribution is -2.39. The summed E-state index contributed by atoms with van der Waals surface area (Å²) in [5.41, 5.74) is 9.92. The molecule has 3 aromatic rings. The summed E-state index contributed by atoms with van der Waals surface area (Å²) in [4.78, 5) is 26.6. The Morgan fingerprint density at radius 2 is 1.97 bits per heavy atom. The van der Waals surface area contributed by atoms with Crippen LogP contribution in [0.1, 0.15) is 45.0 Å². The number of sulfonamides is 1. The minimum absolute atomic E-state index is 0.0214. The molecule has 1 amide bonds. The number of benzene rings is 2. The molecule has 0 spiro atoms. The van der Waals surface area contributed by atoms with Gasteiger partial charge in [0.25, 0.3) is 5.91 Å². The van der Waals surface area contributed by atoms with Crippen molar-refractivity contribution >= 4 is 33.1 Å². The summed E-state index contributed by atoms with van der Waals surface area (Å²) in [5, 5.41) is 0.887. The number of aromatic amines is 1. The van der Waals surface area contributed by atoms with Crippen molar-refractivity contribution in [1.82, 2.24) is 9.29 Å². The predicted octanol–water partition coefficient (Wildman–Crippen LogP) is 2.90. The van der Waals surface area contributed by atoms with Gasteiger partial charge in [-0.2, -0.15) is 0 Å². The number of ether oxygens (including phenoxy) is 1. The molecule has 3 N–H and O–H groups in total. The zero-order valence-corrected chi connectivity index (χ0v) is 19.2. The monoisotopic (exact) mass is 469 g/mol. The first kappa shape index (κ1) is 23.2. The molecule has 2 aromatic carbocycles. The van der Waals surface area contributed by atoms with Crippen molar-refractivity contribution < 1.29 is 22.7 Å². The number of H-pyrrole nitrogens is 1. The maximum Gasteiger partial charge on any atom is 0.250 e. The smallest absolute Gasteiger partial charge is 0.250 e. The quantitative estimate of drug-likeness (QED) is 0.491. The molecule has 1 saturated heterocycles. The molecule has 0 atom stereocenters. The normalized spacial score (nSPS) is 15.7. The van der Waals surface area contributed by atoms with E-state index in [-0.39, 0.29) is 18.3 Å². The Bertz CT molecular complexity index is 1290. The number of nitrogens with zero attached hydrogens (tertiary/aromatic N) is 1. The SMILES string of the molecule is COCCS(=O)(=O)N1CCC(c2c[nH]c3c(C(N)=O)cc(-c4cccc(C=O)c4)cc23)CC1. The van der Waals surface area contributed by atoms with Crippen molar-refractivity contribution in [2.45, 2.75) is 18.8 Å². The van der Waals surface area contributed by atoms with Crippen LogP contribution in [0.25, 0.3) is 22.0 Å². The summed E-state index contributed by atoms with van der Waals surface area (Å²) < 4.78 is 31.4. The summed E-state index contributed by atoms with van der Waals surface area (Å²) in [6.07, 6.45) is 4.03. The van der Waals surface area contributed by atoms with E-state index in [9.17, 15) is 18.0 Å². The summed E-state index contributed by atoms with van der Waals surface area (Å²) in [7, 11) is -1.85. The minimum atomic E-state index is -3.34. The summed E-state index contributed by atoms with van der Waals surface area (Å²) >= 11 is 0. The zero-order chi connectivity index (χ0) is 23.6. The minimum Gasteiger partial charge on any atom is -0.384 e. The lowest BCUT2D eigenvalue weighted by molar-refractivity contribution is 0.100. The van der Waals surface area contributed by atoms with Crippen molar-refractivity contribution in [1.29, 1.82) is 0 Å². The topological polar surface area (TPSA) is 123 Å². The van der Waals surface area contributed by atoms with Gasteiger partial charge in [-0.05, 0) is 53.6 Å². The molecule has 1 aliphatic heterocycles. The molecule has 1 fully saturated rings. The van der Waals surface area contributed by atoms with Crippen LogP contribution >= 0.6 is 0 Å². The number of methoxy groups -OCH3 is 1. The number of rotatable bonds is 8. The van der Waals surface area contributed by atoms with Gasteiger partial charge in [-0.1, -0.05) is 18.2 Å². The summed E-state index contributed by atoms with van der Waals surface area (Å²) in [5.74, 6) is -0.419. The maximum absolute atomic E-state index is 12.5. The fraction of sp³-hybridized carbons (Fsp3) is 0.333. The highest BCUT2D eigenvalue weighted by atomic mass is 32.2. The van der Waals surface area contributed by atoms with Crippen LogP contribution < -0.4 is 5.73 Å². The van der Waals surface area contributed by atoms with Crippen LogP contribution in [0.4, 0.5) is 0 Å². The Labute approximate surface area is 192 Å². The second kappa shape index (κ2) is 9.46. The Hall–Kier alpha value is -3.01. The van der Waals surface area contributed by atoms with Crippen LogP contribution in [0.2, 0.25) is 0 Å². The van der Waals surface area contributed by atoms with Crippen LogP contribution in [0.3, 0.4) is 0 Å². The van der Waals surface area contributed by atoms with Crippen LogP contribution in [-0.2, 0) is 14.8 Å². The first-order valence-corrected chi connectivity index (χ1v) is 12.4. The van der Waals surface area contributed by atoms with Gasteiger partial charge in [0.05, 0.1) is 23.4 Å². The highest BCUT2D eigenvalue weighted by Gasteiger charge is 2.30. The van der Waals surface area contributed by atoms with Crippen molar-refractivity contribution in [3.8, 4) is 11.1 Å². The molecule has 0 aliphatic carbocycles. The van der Waals surface area contributed by atoms with E-state index in [4.69, 9.17) is 10.5 Å². The number of aldehydes is 1. The number of fused-ring (bicyclic) bond motifs is 1. The fourth-order valence-electron chi connectivity index (χ4n) is 4.51. The molecule has 174 valence electrons. The Balaban J connectivity index is 1.68. The van der Waals surface area contributed by atoms with Crippen molar-refractivity contribution in [3.05, 3.63) is 59.3 Å². The second-order valence-corrected chi connectivity index (χ2v) is 10.4. The highest BCUT2D eigenvalue weighted by molar-refractivity contribution is 7.89. The Morgan fingerprint density at radius 3 is 2.64 bits per heavy atom. The standard InChI is InChI=1S/C24H27N3O5S/c1-32-9-10-33(30,31)27-7-5-17(6-8-27)22-14-26-23-20(22)12-19(13-21(23)24(25)29)18-4-2-3-16(11-18)15-28/h2-4,11-15,17,26H,5-10H2,1H3,(H2,25,29). The third-order valence-electron chi connectivity index (χ3n) is 6.28. The van der Waals surface area contributed by atoms with E-state index in [1.807, 2.05) is 18.3 Å². The van der Waals surface area contributed by atoms with Crippen molar-refractivity contribution in [3.63, 3.8) is 0 Å². The number of carbonyl (C=O) groups excluding carboxylic acids is 2. The molecule has 33 heavy (non-hydrogen) atoms.